The Labute approximate surface area is 88.3 Å². The molecule has 0 bridgehead atoms. The van der Waals surface area contributed by atoms with Crippen molar-refractivity contribution in [3.63, 3.8) is 0 Å². The molecule has 1 rings (SSSR count). The number of nitrogens with two attached hydrogens (primary N) is 1. The SMILES string of the molecule is CC(C)CCC(N)C(=O)c1cncs1. The Morgan fingerprint density at radius 3 is 2.79 bits per heavy atom. The van der Waals surface area contributed by atoms with Crippen molar-refractivity contribution >= 4 is 17.1 Å². The van der Waals surface area contributed by atoms with Crippen molar-refractivity contribution in [2.45, 2.75) is 32.7 Å². The molecule has 0 spiro atoms. The highest BCUT2D eigenvalue weighted by Gasteiger charge is 2.16. The van der Waals surface area contributed by atoms with Crippen LogP contribution < -0.4 is 5.73 Å². The molecule has 14 heavy (non-hydrogen) atoms. The lowest BCUT2D eigenvalue weighted by atomic mass is 10.0. The van der Waals surface area contributed by atoms with Gasteiger partial charge in [-0.15, -0.1) is 11.3 Å². The highest BCUT2D eigenvalue weighted by atomic mass is 32.1. The molecule has 78 valence electrons. The maximum Gasteiger partial charge on any atom is 0.191 e. The zero-order valence-corrected chi connectivity index (χ0v) is 9.38. The third kappa shape index (κ3) is 3.20. The van der Waals surface area contributed by atoms with Crippen molar-refractivity contribution in [3.8, 4) is 0 Å². The van der Waals surface area contributed by atoms with E-state index in [0.717, 1.165) is 12.8 Å². The Bertz CT molecular complexity index is 282. The first-order chi connectivity index (χ1) is 6.61. The van der Waals surface area contributed by atoms with E-state index in [1.165, 1.54) is 11.3 Å². The second-order valence-corrected chi connectivity index (χ2v) is 4.69. The second-order valence-electron chi connectivity index (χ2n) is 3.81. The van der Waals surface area contributed by atoms with E-state index >= 15 is 0 Å². The van der Waals surface area contributed by atoms with Gasteiger partial charge in [0.2, 0.25) is 0 Å². The van der Waals surface area contributed by atoms with Crippen molar-refractivity contribution in [2.75, 3.05) is 0 Å². The van der Waals surface area contributed by atoms with E-state index in [-0.39, 0.29) is 11.8 Å². The molecule has 0 amide bonds. The number of hydrogen-bond donors (Lipinski definition) is 1. The fourth-order valence-electron chi connectivity index (χ4n) is 1.16. The number of carbonyl (C=O) groups excluding carboxylic acids is 1. The van der Waals surface area contributed by atoms with Gasteiger partial charge in [-0.3, -0.25) is 9.78 Å². The molecule has 2 N–H and O–H groups in total. The monoisotopic (exact) mass is 212 g/mol. The molecule has 0 aliphatic carbocycles. The molecule has 0 fully saturated rings. The normalized spacial score (nSPS) is 13.1. The number of rotatable bonds is 5. The maximum absolute atomic E-state index is 11.7. The molecule has 1 aromatic heterocycles. The third-order valence-corrected chi connectivity index (χ3v) is 2.85. The number of ketones is 1. The largest absolute Gasteiger partial charge is 0.321 e. The Hall–Kier alpha value is -0.740. The zero-order chi connectivity index (χ0) is 10.6. The van der Waals surface area contributed by atoms with Gasteiger partial charge in [0.05, 0.1) is 16.4 Å². The molecule has 4 heteroatoms. The van der Waals surface area contributed by atoms with Crippen LogP contribution in [0.4, 0.5) is 0 Å². The lowest BCUT2D eigenvalue weighted by Gasteiger charge is -2.10. The first-order valence-electron chi connectivity index (χ1n) is 4.79. The molecule has 1 atom stereocenters. The average Bonchev–Trinajstić information content (AvgIpc) is 2.65. The summed E-state index contributed by atoms with van der Waals surface area (Å²) in [6.45, 7) is 4.26. The fourth-order valence-corrected chi connectivity index (χ4v) is 1.79. The van der Waals surface area contributed by atoms with Crippen LogP contribution in [0, 0.1) is 5.92 Å². The van der Waals surface area contributed by atoms with Gasteiger partial charge in [-0.05, 0) is 18.8 Å². The highest BCUT2D eigenvalue weighted by Crippen LogP contribution is 2.12. The van der Waals surface area contributed by atoms with Crippen LogP contribution in [-0.4, -0.2) is 16.8 Å². The van der Waals surface area contributed by atoms with Crippen LogP contribution in [0.5, 0.6) is 0 Å². The molecule has 1 heterocycles. The summed E-state index contributed by atoms with van der Waals surface area (Å²) in [6, 6.07) is -0.363. The van der Waals surface area contributed by atoms with Gasteiger partial charge in [-0.2, -0.15) is 0 Å². The number of carbonyl (C=O) groups is 1. The molecule has 0 aromatic carbocycles. The van der Waals surface area contributed by atoms with Gasteiger partial charge < -0.3 is 5.73 Å². The van der Waals surface area contributed by atoms with Crippen LogP contribution in [0.2, 0.25) is 0 Å². The number of aromatic nitrogens is 1. The van der Waals surface area contributed by atoms with E-state index in [1.807, 2.05) is 0 Å². The van der Waals surface area contributed by atoms with Crippen LogP contribution in [0.3, 0.4) is 0 Å². The predicted molar refractivity (Wildman–Crippen MR) is 58.5 cm³/mol. The number of hydrogen-bond acceptors (Lipinski definition) is 4. The summed E-state index contributed by atoms with van der Waals surface area (Å²) in [7, 11) is 0. The first-order valence-corrected chi connectivity index (χ1v) is 5.67. The summed E-state index contributed by atoms with van der Waals surface area (Å²) >= 11 is 1.35. The quantitative estimate of drug-likeness (QED) is 0.760. The topological polar surface area (TPSA) is 56.0 Å². The van der Waals surface area contributed by atoms with Gasteiger partial charge in [0.25, 0.3) is 0 Å². The predicted octanol–water partition coefficient (Wildman–Crippen LogP) is 2.09. The molecule has 1 aromatic rings. The molecular weight excluding hydrogens is 196 g/mol. The van der Waals surface area contributed by atoms with Crippen LogP contribution in [-0.2, 0) is 0 Å². The molecule has 3 nitrogen and oxygen atoms in total. The van der Waals surface area contributed by atoms with E-state index < -0.39 is 0 Å². The summed E-state index contributed by atoms with van der Waals surface area (Å²) < 4.78 is 0. The van der Waals surface area contributed by atoms with Crippen molar-refractivity contribution in [1.82, 2.24) is 4.98 Å². The number of Topliss-reactive ketones (excluding diaryl/α,β-unsaturated/α-hetero) is 1. The van der Waals surface area contributed by atoms with Crippen LogP contribution >= 0.6 is 11.3 Å². The third-order valence-electron chi connectivity index (χ3n) is 2.07. The summed E-state index contributed by atoms with van der Waals surface area (Å²) in [5, 5.41) is 0. The molecule has 0 saturated carbocycles. The van der Waals surface area contributed by atoms with Gasteiger partial charge in [0, 0.05) is 6.20 Å². The molecule has 1 unspecified atom stereocenters. The summed E-state index contributed by atoms with van der Waals surface area (Å²) in [5.41, 5.74) is 7.44. The van der Waals surface area contributed by atoms with Crippen molar-refractivity contribution in [3.05, 3.63) is 16.6 Å². The lowest BCUT2D eigenvalue weighted by molar-refractivity contribution is 0.0958. The van der Waals surface area contributed by atoms with Gasteiger partial charge in [-0.25, -0.2) is 0 Å². The Morgan fingerprint density at radius 1 is 1.57 bits per heavy atom. The first kappa shape index (κ1) is 11.3. The minimum Gasteiger partial charge on any atom is -0.321 e. The summed E-state index contributed by atoms with van der Waals surface area (Å²) in [6.07, 6.45) is 3.34. The van der Waals surface area contributed by atoms with E-state index in [1.54, 1.807) is 11.7 Å². The van der Waals surface area contributed by atoms with Crippen LogP contribution in [0.25, 0.3) is 0 Å². The van der Waals surface area contributed by atoms with E-state index in [0.29, 0.717) is 10.8 Å². The maximum atomic E-state index is 11.7. The molecule has 0 radical (unpaired) electrons. The Morgan fingerprint density at radius 2 is 2.29 bits per heavy atom. The van der Waals surface area contributed by atoms with Crippen molar-refractivity contribution < 1.29 is 4.79 Å². The van der Waals surface area contributed by atoms with Crippen LogP contribution in [0.1, 0.15) is 36.4 Å². The summed E-state index contributed by atoms with van der Waals surface area (Å²) in [4.78, 5) is 16.2. The molecule has 0 aliphatic rings. The second kappa shape index (κ2) is 5.22. The lowest BCUT2D eigenvalue weighted by Crippen LogP contribution is -2.30. The minimum absolute atomic E-state index is 0.0214. The van der Waals surface area contributed by atoms with Crippen molar-refractivity contribution in [1.29, 1.82) is 0 Å². The smallest absolute Gasteiger partial charge is 0.191 e. The molecule has 0 aliphatic heterocycles. The van der Waals surface area contributed by atoms with Gasteiger partial charge in [-0.1, -0.05) is 13.8 Å². The summed E-state index contributed by atoms with van der Waals surface area (Å²) in [5.74, 6) is 0.614. The Balaban J connectivity index is 2.45. The molecule has 0 saturated heterocycles. The Kier molecular flexibility index (Phi) is 4.22. The minimum atomic E-state index is -0.363. The number of thiazole rings is 1. The average molecular weight is 212 g/mol. The van der Waals surface area contributed by atoms with Gasteiger partial charge in [0.15, 0.2) is 5.78 Å². The van der Waals surface area contributed by atoms with E-state index in [2.05, 4.69) is 18.8 Å². The number of nitrogens with zero attached hydrogens (tertiary/aromatic N) is 1. The van der Waals surface area contributed by atoms with E-state index in [4.69, 9.17) is 5.73 Å². The van der Waals surface area contributed by atoms with Crippen LogP contribution in [0.15, 0.2) is 11.7 Å². The fraction of sp³-hybridized carbons (Fsp3) is 0.600. The van der Waals surface area contributed by atoms with Crippen molar-refractivity contribution in [2.24, 2.45) is 11.7 Å². The van der Waals surface area contributed by atoms with Gasteiger partial charge in [0.1, 0.15) is 0 Å². The highest BCUT2D eigenvalue weighted by molar-refractivity contribution is 7.11. The molecular formula is C10H16N2OS. The standard InChI is InChI=1S/C10H16N2OS/c1-7(2)3-4-8(11)10(13)9-5-12-6-14-9/h5-8H,3-4,11H2,1-2H3. The van der Waals surface area contributed by atoms with E-state index in [9.17, 15) is 4.79 Å². The van der Waals surface area contributed by atoms with Gasteiger partial charge >= 0.3 is 0 Å². The zero-order valence-electron chi connectivity index (χ0n) is 8.56.